The molecular formula is C15H23NO4S. The van der Waals surface area contributed by atoms with Crippen molar-refractivity contribution in [3.63, 3.8) is 0 Å². The second-order valence-corrected chi connectivity index (χ2v) is 6.67. The molecule has 0 spiro atoms. The zero-order valence-corrected chi connectivity index (χ0v) is 13.8. The average molecular weight is 313 g/mol. The quantitative estimate of drug-likeness (QED) is 0.773. The number of nitrogens with one attached hydrogen (secondary N) is 1. The molecule has 1 heterocycles. The maximum atomic E-state index is 11.8. The molecule has 0 aliphatic rings. The number of carbonyl (C=O) groups excluding carboxylic acids is 1. The molecule has 1 aromatic rings. The summed E-state index contributed by atoms with van der Waals surface area (Å²) in [5, 5.41) is 12.0. The summed E-state index contributed by atoms with van der Waals surface area (Å²) in [7, 11) is 0. The second-order valence-electron chi connectivity index (χ2n) is 5.54. The van der Waals surface area contributed by atoms with Gasteiger partial charge in [0.15, 0.2) is 11.5 Å². The van der Waals surface area contributed by atoms with E-state index >= 15 is 0 Å². The van der Waals surface area contributed by atoms with Gasteiger partial charge in [-0.05, 0) is 32.8 Å². The Balaban J connectivity index is 2.70. The van der Waals surface area contributed by atoms with Gasteiger partial charge in [0, 0.05) is 10.4 Å². The van der Waals surface area contributed by atoms with Gasteiger partial charge in [-0.3, -0.25) is 4.79 Å². The first-order chi connectivity index (χ1) is 9.79. The van der Waals surface area contributed by atoms with Crippen LogP contribution in [0.2, 0.25) is 0 Å². The van der Waals surface area contributed by atoms with E-state index in [4.69, 9.17) is 9.84 Å². The van der Waals surface area contributed by atoms with Crippen molar-refractivity contribution in [2.24, 2.45) is 0 Å². The van der Waals surface area contributed by atoms with Crippen molar-refractivity contribution in [3.05, 3.63) is 15.8 Å². The summed E-state index contributed by atoms with van der Waals surface area (Å²) in [4.78, 5) is 24.1. The second kappa shape index (κ2) is 7.45. The molecule has 0 bridgehead atoms. The van der Waals surface area contributed by atoms with Crippen LogP contribution in [-0.2, 0) is 11.2 Å². The Morgan fingerprint density at radius 2 is 2.05 bits per heavy atom. The molecule has 1 rings (SSSR count). The lowest BCUT2D eigenvalue weighted by Gasteiger charge is -2.24. The van der Waals surface area contributed by atoms with Gasteiger partial charge in [-0.25, -0.2) is 4.79 Å². The number of ether oxygens (including phenoxy) is 1. The lowest BCUT2D eigenvalue weighted by Crippen LogP contribution is -2.44. The van der Waals surface area contributed by atoms with E-state index in [2.05, 4.69) is 5.32 Å². The van der Waals surface area contributed by atoms with E-state index in [9.17, 15) is 9.59 Å². The first kappa shape index (κ1) is 17.5. The van der Waals surface area contributed by atoms with Crippen LogP contribution < -0.4 is 10.1 Å². The molecule has 0 unspecified atom stereocenters. The molecule has 1 amide bonds. The summed E-state index contributed by atoms with van der Waals surface area (Å²) in [5.74, 6) is -0.992. The van der Waals surface area contributed by atoms with E-state index < -0.39 is 5.97 Å². The third-order valence-corrected chi connectivity index (χ3v) is 4.32. The molecule has 0 aromatic carbocycles. The number of carboxylic acid groups (broad SMARTS) is 1. The Bertz CT molecular complexity index is 508. The van der Waals surface area contributed by atoms with Crippen LogP contribution in [0, 0.1) is 0 Å². The standard InChI is InChI=1S/C15H23NO4S/c1-5-7-10-8-11(13(21-10)14(18)19)20-9-12(17)16-15(3,4)6-2/h8H,5-7,9H2,1-4H3,(H,16,17)(H,18,19). The molecule has 0 saturated carbocycles. The van der Waals surface area contributed by atoms with E-state index in [-0.39, 0.29) is 28.7 Å². The minimum absolute atomic E-state index is 0.154. The predicted molar refractivity (Wildman–Crippen MR) is 83.3 cm³/mol. The zero-order valence-electron chi connectivity index (χ0n) is 13.0. The van der Waals surface area contributed by atoms with Crippen LogP contribution in [0.4, 0.5) is 0 Å². The van der Waals surface area contributed by atoms with Crippen molar-refractivity contribution in [3.8, 4) is 5.75 Å². The van der Waals surface area contributed by atoms with Crippen LogP contribution in [0.15, 0.2) is 6.07 Å². The van der Waals surface area contributed by atoms with E-state index in [0.29, 0.717) is 0 Å². The van der Waals surface area contributed by atoms with E-state index in [1.54, 1.807) is 6.07 Å². The number of rotatable bonds is 8. The summed E-state index contributed by atoms with van der Waals surface area (Å²) in [6.07, 6.45) is 2.55. The van der Waals surface area contributed by atoms with Crippen LogP contribution >= 0.6 is 11.3 Å². The Kier molecular flexibility index (Phi) is 6.20. The summed E-state index contributed by atoms with van der Waals surface area (Å²) in [6, 6.07) is 1.72. The fourth-order valence-corrected chi connectivity index (χ4v) is 2.73. The highest BCUT2D eigenvalue weighted by atomic mass is 32.1. The SMILES string of the molecule is CCCc1cc(OCC(=O)NC(C)(C)CC)c(C(=O)O)s1. The van der Waals surface area contributed by atoms with Crippen LogP contribution in [0.3, 0.4) is 0 Å². The summed E-state index contributed by atoms with van der Waals surface area (Å²) < 4.78 is 5.40. The minimum Gasteiger partial charge on any atom is -0.482 e. The molecule has 0 saturated heterocycles. The van der Waals surface area contributed by atoms with Gasteiger partial charge in [-0.1, -0.05) is 20.3 Å². The van der Waals surface area contributed by atoms with Crippen molar-refractivity contribution in [1.29, 1.82) is 0 Å². The first-order valence-electron chi connectivity index (χ1n) is 7.09. The van der Waals surface area contributed by atoms with Gasteiger partial charge in [0.2, 0.25) is 0 Å². The van der Waals surface area contributed by atoms with E-state index in [1.807, 2.05) is 27.7 Å². The van der Waals surface area contributed by atoms with Crippen LogP contribution in [-0.4, -0.2) is 29.1 Å². The number of hydrogen-bond donors (Lipinski definition) is 2. The average Bonchev–Trinajstić information content (AvgIpc) is 2.80. The number of thiophene rings is 1. The van der Waals surface area contributed by atoms with Crippen molar-refractivity contribution in [2.45, 2.75) is 52.5 Å². The van der Waals surface area contributed by atoms with Crippen LogP contribution in [0.1, 0.15) is 55.1 Å². The molecule has 5 nitrogen and oxygen atoms in total. The Morgan fingerprint density at radius 1 is 1.38 bits per heavy atom. The fraction of sp³-hybridized carbons (Fsp3) is 0.600. The van der Waals surface area contributed by atoms with Crippen molar-refractivity contribution in [2.75, 3.05) is 6.61 Å². The maximum absolute atomic E-state index is 11.8. The number of hydrogen-bond acceptors (Lipinski definition) is 4. The topological polar surface area (TPSA) is 75.6 Å². The minimum atomic E-state index is -1.02. The largest absolute Gasteiger partial charge is 0.482 e. The maximum Gasteiger partial charge on any atom is 0.349 e. The van der Waals surface area contributed by atoms with Crippen LogP contribution in [0.25, 0.3) is 0 Å². The van der Waals surface area contributed by atoms with Crippen molar-refractivity contribution in [1.82, 2.24) is 5.32 Å². The van der Waals surface area contributed by atoms with Gasteiger partial charge in [-0.15, -0.1) is 11.3 Å². The normalized spacial score (nSPS) is 11.2. The third kappa shape index (κ3) is 5.38. The molecule has 0 aliphatic carbocycles. The van der Waals surface area contributed by atoms with Crippen molar-refractivity contribution < 1.29 is 19.4 Å². The highest BCUT2D eigenvalue weighted by Gasteiger charge is 2.20. The fourth-order valence-electron chi connectivity index (χ4n) is 1.69. The molecule has 0 fully saturated rings. The molecule has 0 aliphatic heterocycles. The van der Waals surface area contributed by atoms with Gasteiger partial charge >= 0.3 is 5.97 Å². The lowest BCUT2D eigenvalue weighted by atomic mass is 10.0. The molecular weight excluding hydrogens is 290 g/mol. The molecule has 0 radical (unpaired) electrons. The van der Waals surface area contributed by atoms with Gasteiger partial charge in [0.05, 0.1) is 0 Å². The lowest BCUT2D eigenvalue weighted by molar-refractivity contribution is -0.124. The first-order valence-corrected chi connectivity index (χ1v) is 7.90. The highest BCUT2D eigenvalue weighted by Crippen LogP contribution is 2.30. The van der Waals surface area contributed by atoms with Gasteiger partial charge in [0.1, 0.15) is 5.75 Å². The van der Waals surface area contributed by atoms with E-state index in [0.717, 1.165) is 24.1 Å². The smallest absolute Gasteiger partial charge is 0.349 e. The molecule has 21 heavy (non-hydrogen) atoms. The third-order valence-electron chi connectivity index (χ3n) is 3.16. The Morgan fingerprint density at radius 3 is 2.57 bits per heavy atom. The number of amides is 1. The van der Waals surface area contributed by atoms with Crippen LogP contribution in [0.5, 0.6) is 5.75 Å². The molecule has 118 valence electrons. The monoisotopic (exact) mass is 313 g/mol. The summed E-state index contributed by atoms with van der Waals surface area (Å²) in [5.41, 5.74) is -0.294. The van der Waals surface area contributed by atoms with Gasteiger partial charge in [-0.2, -0.15) is 0 Å². The summed E-state index contributed by atoms with van der Waals surface area (Å²) >= 11 is 1.21. The Hall–Kier alpha value is -1.56. The van der Waals surface area contributed by atoms with Crippen molar-refractivity contribution >= 4 is 23.2 Å². The highest BCUT2D eigenvalue weighted by molar-refractivity contribution is 7.14. The van der Waals surface area contributed by atoms with E-state index in [1.165, 1.54) is 11.3 Å². The zero-order chi connectivity index (χ0) is 16.0. The van der Waals surface area contributed by atoms with Gasteiger partial charge in [0.25, 0.3) is 5.91 Å². The number of aromatic carboxylic acids is 1. The Labute approximate surface area is 129 Å². The number of carbonyl (C=O) groups is 2. The predicted octanol–water partition coefficient (Wildman–Crippen LogP) is 3.08. The molecule has 6 heteroatoms. The number of aryl methyl sites for hydroxylation is 1. The number of carboxylic acids is 1. The van der Waals surface area contributed by atoms with Gasteiger partial charge < -0.3 is 15.2 Å². The molecule has 0 atom stereocenters. The molecule has 2 N–H and O–H groups in total. The molecule has 1 aromatic heterocycles. The summed E-state index contributed by atoms with van der Waals surface area (Å²) in [6.45, 7) is 7.70.